The predicted molar refractivity (Wildman–Crippen MR) is 76.8 cm³/mol. The van der Waals surface area contributed by atoms with Crippen molar-refractivity contribution in [1.29, 1.82) is 0 Å². The van der Waals surface area contributed by atoms with Gasteiger partial charge in [0.25, 0.3) is 0 Å². The van der Waals surface area contributed by atoms with Crippen LogP contribution in [0.4, 0.5) is 5.69 Å². The first-order valence-electron chi connectivity index (χ1n) is 6.48. The zero-order valence-corrected chi connectivity index (χ0v) is 12.2. The molecule has 1 aromatic rings. The average molecular weight is 314 g/mol. The van der Waals surface area contributed by atoms with E-state index in [0.717, 1.165) is 28.7 Å². The number of hydrogen-bond donors (Lipinski definition) is 2. The third kappa shape index (κ3) is 2.87. The SMILES string of the molecule is CC(O)c1ccc(N2CCCCC2CO)cc1Br. The van der Waals surface area contributed by atoms with E-state index in [1.807, 2.05) is 18.2 Å². The van der Waals surface area contributed by atoms with Crippen LogP contribution in [0.25, 0.3) is 0 Å². The fourth-order valence-electron chi connectivity index (χ4n) is 2.56. The number of benzene rings is 1. The molecule has 3 nitrogen and oxygen atoms in total. The van der Waals surface area contributed by atoms with E-state index in [4.69, 9.17) is 0 Å². The van der Waals surface area contributed by atoms with Crippen LogP contribution in [-0.4, -0.2) is 29.4 Å². The van der Waals surface area contributed by atoms with Crippen molar-refractivity contribution < 1.29 is 10.2 Å². The summed E-state index contributed by atoms with van der Waals surface area (Å²) in [6.07, 6.45) is 2.94. The van der Waals surface area contributed by atoms with Crippen molar-refractivity contribution in [3.05, 3.63) is 28.2 Å². The van der Waals surface area contributed by atoms with Crippen molar-refractivity contribution in [3.63, 3.8) is 0 Å². The summed E-state index contributed by atoms with van der Waals surface area (Å²) < 4.78 is 0.928. The Labute approximate surface area is 117 Å². The van der Waals surface area contributed by atoms with Gasteiger partial charge in [0, 0.05) is 16.7 Å². The van der Waals surface area contributed by atoms with E-state index in [1.165, 1.54) is 12.8 Å². The van der Waals surface area contributed by atoms with Crippen LogP contribution in [0.2, 0.25) is 0 Å². The highest BCUT2D eigenvalue weighted by atomic mass is 79.9. The van der Waals surface area contributed by atoms with Crippen LogP contribution in [0.3, 0.4) is 0 Å². The summed E-state index contributed by atoms with van der Waals surface area (Å²) in [4.78, 5) is 2.26. The number of hydrogen-bond acceptors (Lipinski definition) is 3. The van der Waals surface area contributed by atoms with Gasteiger partial charge in [0.15, 0.2) is 0 Å². The van der Waals surface area contributed by atoms with Crippen LogP contribution in [0, 0.1) is 0 Å². The molecule has 2 rings (SSSR count). The normalized spacial score (nSPS) is 22.0. The second kappa shape index (κ2) is 6.04. The summed E-state index contributed by atoms with van der Waals surface area (Å²) in [6.45, 7) is 2.96. The molecule has 18 heavy (non-hydrogen) atoms. The molecule has 0 aromatic heterocycles. The van der Waals surface area contributed by atoms with Gasteiger partial charge in [-0.05, 0) is 43.9 Å². The zero-order chi connectivity index (χ0) is 13.1. The van der Waals surface area contributed by atoms with E-state index >= 15 is 0 Å². The van der Waals surface area contributed by atoms with Crippen LogP contribution in [-0.2, 0) is 0 Å². The Hall–Kier alpha value is -0.580. The Morgan fingerprint density at radius 1 is 1.44 bits per heavy atom. The minimum absolute atomic E-state index is 0.204. The van der Waals surface area contributed by atoms with Crippen molar-refractivity contribution in [2.24, 2.45) is 0 Å². The van der Waals surface area contributed by atoms with Gasteiger partial charge in [-0.2, -0.15) is 0 Å². The highest BCUT2D eigenvalue weighted by Crippen LogP contribution is 2.31. The lowest BCUT2D eigenvalue weighted by atomic mass is 10.0. The molecule has 1 saturated heterocycles. The lowest BCUT2D eigenvalue weighted by Gasteiger charge is -2.36. The van der Waals surface area contributed by atoms with Crippen LogP contribution >= 0.6 is 15.9 Å². The van der Waals surface area contributed by atoms with Crippen molar-refractivity contribution in [2.75, 3.05) is 18.1 Å². The summed E-state index contributed by atoms with van der Waals surface area (Å²) in [5.41, 5.74) is 2.02. The molecule has 0 saturated carbocycles. The summed E-state index contributed by atoms with van der Waals surface area (Å²) >= 11 is 3.51. The number of rotatable bonds is 3. The molecule has 1 aliphatic heterocycles. The van der Waals surface area contributed by atoms with Crippen LogP contribution in [0.15, 0.2) is 22.7 Å². The smallest absolute Gasteiger partial charge is 0.0772 e. The first-order valence-corrected chi connectivity index (χ1v) is 7.27. The average Bonchev–Trinajstić information content (AvgIpc) is 2.38. The molecule has 2 N–H and O–H groups in total. The first kappa shape index (κ1) is 13.8. The monoisotopic (exact) mass is 313 g/mol. The number of aliphatic hydroxyl groups is 2. The van der Waals surface area contributed by atoms with Crippen molar-refractivity contribution in [1.82, 2.24) is 0 Å². The Kier molecular flexibility index (Phi) is 4.65. The molecule has 0 radical (unpaired) electrons. The number of anilines is 1. The molecular weight excluding hydrogens is 294 g/mol. The van der Waals surface area contributed by atoms with Gasteiger partial charge >= 0.3 is 0 Å². The molecule has 2 unspecified atom stereocenters. The number of nitrogens with zero attached hydrogens (tertiary/aromatic N) is 1. The highest BCUT2D eigenvalue weighted by molar-refractivity contribution is 9.10. The maximum absolute atomic E-state index is 9.62. The molecule has 1 aliphatic rings. The van der Waals surface area contributed by atoms with Crippen molar-refractivity contribution >= 4 is 21.6 Å². The van der Waals surface area contributed by atoms with E-state index in [1.54, 1.807) is 6.92 Å². The maximum Gasteiger partial charge on any atom is 0.0772 e. The molecule has 1 heterocycles. The molecule has 4 heteroatoms. The molecule has 1 aromatic carbocycles. The largest absolute Gasteiger partial charge is 0.394 e. The third-order valence-corrected chi connectivity index (χ3v) is 4.29. The fourth-order valence-corrected chi connectivity index (χ4v) is 3.26. The Balaban J connectivity index is 2.24. The van der Waals surface area contributed by atoms with Crippen LogP contribution in [0.5, 0.6) is 0 Å². The van der Waals surface area contributed by atoms with Crippen LogP contribution < -0.4 is 4.90 Å². The second-order valence-corrected chi connectivity index (χ2v) is 5.76. The molecular formula is C14H20BrNO2. The van der Waals surface area contributed by atoms with Gasteiger partial charge in [-0.1, -0.05) is 22.0 Å². The Morgan fingerprint density at radius 2 is 2.22 bits per heavy atom. The fraction of sp³-hybridized carbons (Fsp3) is 0.571. The first-order chi connectivity index (χ1) is 8.63. The van der Waals surface area contributed by atoms with Crippen molar-refractivity contribution in [3.8, 4) is 0 Å². The molecule has 2 atom stereocenters. The van der Waals surface area contributed by atoms with Crippen LogP contribution in [0.1, 0.15) is 37.9 Å². The van der Waals surface area contributed by atoms with Gasteiger partial charge < -0.3 is 15.1 Å². The Bertz CT molecular complexity index is 409. The van der Waals surface area contributed by atoms with E-state index < -0.39 is 6.10 Å². The lowest BCUT2D eigenvalue weighted by molar-refractivity contribution is 0.198. The number of aliphatic hydroxyl groups excluding tert-OH is 2. The minimum Gasteiger partial charge on any atom is -0.394 e. The zero-order valence-electron chi connectivity index (χ0n) is 10.6. The topological polar surface area (TPSA) is 43.7 Å². The van der Waals surface area contributed by atoms with Gasteiger partial charge in [0.1, 0.15) is 0 Å². The van der Waals surface area contributed by atoms with Crippen molar-refractivity contribution in [2.45, 2.75) is 38.3 Å². The van der Waals surface area contributed by atoms with Gasteiger partial charge in [-0.25, -0.2) is 0 Å². The van der Waals surface area contributed by atoms with Gasteiger partial charge in [0.2, 0.25) is 0 Å². The highest BCUT2D eigenvalue weighted by Gasteiger charge is 2.22. The Morgan fingerprint density at radius 3 is 2.83 bits per heavy atom. The summed E-state index contributed by atoms with van der Waals surface area (Å²) in [6, 6.07) is 6.24. The second-order valence-electron chi connectivity index (χ2n) is 4.91. The van der Waals surface area contributed by atoms with E-state index in [0.29, 0.717) is 0 Å². The molecule has 0 spiro atoms. The molecule has 0 amide bonds. The van der Waals surface area contributed by atoms with E-state index in [2.05, 4.69) is 20.8 Å². The quantitative estimate of drug-likeness (QED) is 0.902. The van der Waals surface area contributed by atoms with Gasteiger partial charge in [0.05, 0.1) is 18.8 Å². The molecule has 1 fully saturated rings. The van der Waals surface area contributed by atoms with Gasteiger partial charge in [-0.3, -0.25) is 0 Å². The summed E-state index contributed by atoms with van der Waals surface area (Å²) in [7, 11) is 0. The lowest BCUT2D eigenvalue weighted by Crippen LogP contribution is -2.41. The summed E-state index contributed by atoms with van der Waals surface area (Å²) in [5, 5.41) is 19.1. The standard InChI is InChI=1S/C14H20BrNO2/c1-10(18)13-6-5-11(8-14(13)15)16-7-3-2-4-12(16)9-17/h5-6,8,10,12,17-18H,2-4,7,9H2,1H3. The maximum atomic E-state index is 9.62. The molecule has 0 bridgehead atoms. The van der Waals surface area contributed by atoms with E-state index in [9.17, 15) is 10.2 Å². The minimum atomic E-state index is -0.469. The van der Waals surface area contributed by atoms with Gasteiger partial charge in [-0.15, -0.1) is 0 Å². The molecule has 100 valence electrons. The molecule has 0 aliphatic carbocycles. The predicted octanol–water partition coefficient (Wildman–Crippen LogP) is 2.85. The van der Waals surface area contributed by atoms with E-state index in [-0.39, 0.29) is 12.6 Å². The summed E-state index contributed by atoms with van der Waals surface area (Å²) in [5.74, 6) is 0. The third-order valence-electron chi connectivity index (χ3n) is 3.60. The number of halogens is 1. The number of piperidine rings is 1.